The predicted molar refractivity (Wildman–Crippen MR) is 132 cm³/mol. The van der Waals surface area contributed by atoms with Gasteiger partial charge in [0.1, 0.15) is 5.75 Å². The third-order valence-corrected chi connectivity index (χ3v) is 6.03. The first-order chi connectivity index (χ1) is 16.0. The first kappa shape index (κ1) is 24.7. The molecule has 1 aliphatic rings. The normalized spacial score (nSPS) is 15.8. The van der Waals surface area contributed by atoms with Crippen LogP contribution in [-0.2, 0) is 0 Å². The fourth-order valence-electron chi connectivity index (χ4n) is 3.89. The summed E-state index contributed by atoms with van der Waals surface area (Å²) in [6.45, 7) is 4.18. The van der Waals surface area contributed by atoms with E-state index in [1.165, 1.54) is 7.11 Å². The van der Waals surface area contributed by atoms with Crippen LogP contribution in [0.3, 0.4) is 0 Å². The van der Waals surface area contributed by atoms with Gasteiger partial charge < -0.3 is 31.3 Å². The van der Waals surface area contributed by atoms with Crippen LogP contribution < -0.4 is 26.4 Å². The summed E-state index contributed by atoms with van der Waals surface area (Å²) in [5.74, 6) is 0.597. The zero-order valence-electron chi connectivity index (χ0n) is 18.9. The Hall–Kier alpha value is -2.97. The van der Waals surface area contributed by atoms with Gasteiger partial charge in [0.2, 0.25) is 0 Å². The van der Waals surface area contributed by atoms with E-state index in [2.05, 4.69) is 20.9 Å². The van der Waals surface area contributed by atoms with Crippen molar-refractivity contribution >= 4 is 34.9 Å². The molecule has 1 fully saturated rings. The number of halogens is 1. The number of urea groups is 1. The average Bonchev–Trinajstić information content (AvgIpc) is 3.27. The molecule has 0 radical (unpaired) electrons. The Kier molecular flexibility index (Phi) is 9.21. The van der Waals surface area contributed by atoms with Gasteiger partial charge in [-0.05, 0) is 56.5 Å². The lowest BCUT2D eigenvalue weighted by Gasteiger charge is -2.17. The smallest absolute Gasteiger partial charge is 0.319 e. The van der Waals surface area contributed by atoms with Crippen LogP contribution in [0.5, 0.6) is 5.75 Å². The first-order valence-corrected chi connectivity index (χ1v) is 11.6. The summed E-state index contributed by atoms with van der Waals surface area (Å²) >= 11 is 6.06. The number of methoxy groups -OCH3 is 1. The van der Waals surface area contributed by atoms with Crippen molar-refractivity contribution in [3.63, 3.8) is 0 Å². The molecule has 3 rings (SSSR count). The van der Waals surface area contributed by atoms with E-state index in [9.17, 15) is 9.59 Å². The Bertz CT molecular complexity index is 941. The van der Waals surface area contributed by atoms with Crippen molar-refractivity contribution in [3.8, 4) is 5.75 Å². The number of likely N-dealkylation sites (tertiary alicyclic amines) is 1. The van der Waals surface area contributed by atoms with Crippen molar-refractivity contribution < 1.29 is 14.3 Å². The van der Waals surface area contributed by atoms with Gasteiger partial charge in [-0.1, -0.05) is 29.8 Å². The molecule has 178 valence electrons. The third-order valence-electron chi connectivity index (χ3n) is 5.70. The molecule has 3 amide bonds. The van der Waals surface area contributed by atoms with Gasteiger partial charge in [0, 0.05) is 31.4 Å². The topological polar surface area (TPSA) is 109 Å². The summed E-state index contributed by atoms with van der Waals surface area (Å²) < 4.78 is 5.26. The second kappa shape index (κ2) is 12.3. The van der Waals surface area contributed by atoms with Crippen molar-refractivity contribution in [2.24, 2.45) is 5.92 Å². The van der Waals surface area contributed by atoms with Crippen molar-refractivity contribution in [2.45, 2.75) is 19.3 Å². The van der Waals surface area contributed by atoms with Crippen molar-refractivity contribution in [3.05, 3.63) is 53.1 Å². The monoisotopic (exact) mass is 473 g/mol. The lowest BCUT2D eigenvalue weighted by molar-refractivity contribution is 0.0944. The number of ether oxygens (including phenoxy) is 1. The Labute approximate surface area is 199 Å². The highest BCUT2D eigenvalue weighted by molar-refractivity contribution is 6.33. The summed E-state index contributed by atoms with van der Waals surface area (Å²) in [6.07, 6.45) is 2.96. The zero-order valence-corrected chi connectivity index (χ0v) is 19.7. The molecule has 9 heteroatoms. The second-order valence-electron chi connectivity index (χ2n) is 8.19. The number of carbonyl (C=O) groups is 2. The lowest BCUT2D eigenvalue weighted by Crippen LogP contribution is -2.32. The minimum Gasteiger partial charge on any atom is -0.496 e. The minimum atomic E-state index is -0.216. The van der Waals surface area contributed by atoms with E-state index in [-0.39, 0.29) is 11.9 Å². The maximum absolute atomic E-state index is 12.6. The Balaban J connectivity index is 1.30. The van der Waals surface area contributed by atoms with Gasteiger partial charge >= 0.3 is 6.03 Å². The summed E-state index contributed by atoms with van der Waals surface area (Å²) in [6, 6.07) is 12.3. The molecule has 0 aliphatic carbocycles. The number of amides is 3. The van der Waals surface area contributed by atoms with E-state index in [0.717, 1.165) is 44.6 Å². The summed E-state index contributed by atoms with van der Waals surface area (Å²) in [7, 11) is 1.50. The number of rotatable bonds is 10. The van der Waals surface area contributed by atoms with Gasteiger partial charge in [-0.3, -0.25) is 4.79 Å². The van der Waals surface area contributed by atoms with Crippen LogP contribution in [0.4, 0.5) is 16.2 Å². The molecule has 1 aliphatic heterocycles. The number of nitrogens with one attached hydrogen (secondary N) is 3. The molecular weight excluding hydrogens is 442 g/mol. The number of nitrogen functional groups attached to an aromatic ring is 1. The summed E-state index contributed by atoms with van der Waals surface area (Å²) in [5, 5.41) is 9.02. The van der Waals surface area contributed by atoms with Crippen LogP contribution in [-0.4, -0.2) is 56.7 Å². The molecule has 0 spiro atoms. The fourth-order valence-corrected chi connectivity index (χ4v) is 4.05. The molecule has 1 atom stereocenters. The maximum atomic E-state index is 12.6. The van der Waals surface area contributed by atoms with Gasteiger partial charge in [0.25, 0.3) is 5.91 Å². The van der Waals surface area contributed by atoms with Gasteiger partial charge in [0.05, 0.1) is 23.4 Å². The first-order valence-electron chi connectivity index (χ1n) is 11.2. The number of nitrogens with zero attached hydrogens (tertiary/aromatic N) is 1. The Morgan fingerprint density at radius 1 is 1.18 bits per heavy atom. The van der Waals surface area contributed by atoms with E-state index < -0.39 is 0 Å². The van der Waals surface area contributed by atoms with Crippen LogP contribution in [0.1, 0.15) is 29.6 Å². The van der Waals surface area contributed by atoms with Crippen molar-refractivity contribution in [1.82, 2.24) is 15.5 Å². The minimum absolute atomic E-state index is 0.183. The molecule has 0 saturated carbocycles. The van der Waals surface area contributed by atoms with E-state index >= 15 is 0 Å². The average molecular weight is 474 g/mol. The molecular formula is C24H32ClN5O3. The highest BCUT2D eigenvalue weighted by Crippen LogP contribution is 2.29. The summed E-state index contributed by atoms with van der Waals surface area (Å²) in [5.41, 5.74) is 7.33. The van der Waals surface area contributed by atoms with Crippen LogP contribution in [0.15, 0.2) is 42.5 Å². The van der Waals surface area contributed by atoms with Crippen molar-refractivity contribution in [2.75, 3.05) is 50.9 Å². The Morgan fingerprint density at radius 3 is 2.73 bits per heavy atom. The number of carbonyl (C=O) groups excluding carboxylic acids is 2. The SMILES string of the molecule is COc1cc(N)c(Cl)cc1C(=O)NCC1CCN(CCCCNC(=O)Nc2ccccc2)C1. The molecule has 0 bridgehead atoms. The number of hydrogen-bond acceptors (Lipinski definition) is 5. The standard InChI is InChI=1S/C24H32ClN5O3/c1-33-22-14-21(26)20(25)13-19(22)23(31)28-15-17-9-12-30(16-17)11-6-5-10-27-24(32)29-18-7-3-2-4-8-18/h2-4,7-8,13-14,17H,5-6,9-12,15-16,26H2,1H3,(H,28,31)(H2,27,29,32). The number of unbranched alkanes of at least 4 members (excludes halogenated alkanes) is 1. The van der Waals surface area contributed by atoms with Gasteiger partial charge in [-0.25, -0.2) is 4.79 Å². The van der Waals surface area contributed by atoms with Crippen LogP contribution in [0.2, 0.25) is 5.02 Å². The molecule has 1 unspecified atom stereocenters. The number of nitrogens with two attached hydrogens (primary N) is 1. The number of anilines is 2. The maximum Gasteiger partial charge on any atom is 0.319 e. The quantitative estimate of drug-likeness (QED) is 0.311. The van der Waals surface area contributed by atoms with E-state index in [1.54, 1.807) is 12.1 Å². The van der Waals surface area contributed by atoms with Gasteiger partial charge in [-0.2, -0.15) is 0 Å². The van der Waals surface area contributed by atoms with Crippen LogP contribution in [0, 0.1) is 5.92 Å². The molecule has 1 heterocycles. The summed E-state index contributed by atoms with van der Waals surface area (Å²) in [4.78, 5) is 26.9. The molecule has 8 nitrogen and oxygen atoms in total. The number of hydrogen-bond donors (Lipinski definition) is 4. The molecule has 0 aromatic heterocycles. The molecule has 1 saturated heterocycles. The number of para-hydroxylation sites is 1. The molecule has 2 aromatic carbocycles. The predicted octanol–water partition coefficient (Wildman–Crippen LogP) is 3.58. The zero-order chi connectivity index (χ0) is 23.6. The van der Waals surface area contributed by atoms with E-state index in [0.29, 0.717) is 41.0 Å². The second-order valence-corrected chi connectivity index (χ2v) is 8.60. The molecule has 2 aromatic rings. The number of benzene rings is 2. The highest BCUT2D eigenvalue weighted by Gasteiger charge is 2.23. The van der Waals surface area contributed by atoms with Crippen LogP contribution >= 0.6 is 11.6 Å². The Morgan fingerprint density at radius 2 is 1.97 bits per heavy atom. The van der Waals surface area contributed by atoms with E-state index in [1.807, 2.05) is 30.3 Å². The lowest BCUT2D eigenvalue weighted by atomic mass is 10.1. The third kappa shape index (κ3) is 7.54. The van der Waals surface area contributed by atoms with Crippen LogP contribution in [0.25, 0.3) is 0 Å². The molecule has 5 N–H and O–H groups in total. The molecule has 33 heavy (non-hydrogen) atoms. The van der Waals surface area contributed by atoms with Crippen molar-refractivity contribution in [1.29, 1.82) is 0 Å². The van der Waals surface area contributed by atoms with Gasteiger partial charge in [-0.15, -0.1) is 0 Å². The highest BCUT2D eigenvalue weighted by atomic mass is 35.5. The largest absolute Gasteiger partial charge is 0.496 e. The van der Waals surface area contributed by atoms with Gasteiger partial charge in [0.15, 0.2) is 0 Å². The fraction of sp³-hybridized carbons (Fsp3) is 0.417. The van der Waals surface area contributed by atoms with E-state index in [4.69, 9.17) is 22.1 Å².